The fraction of sp³-hybridized carbons (Fsp3) is 0.278. The van der Waals surface area contributed by atoms with Gasteiger partial charge in [0.2, 0.25) is 0 Å². The van der Waals surface area contributed by atoms with Crippen LogP contribution in [0.15, 0.2) is 36.4 Å². The summed E-state index contributed by atoms with van der Waals surface area (Å²) in [5, 5.41) is 10.1. The Morgan fingerprint density at radius 1 is 1.19 bits per heavy atom. The van der Waals surface area contributed by atoms with Crippen molar-refractivity contribution in [3.63, 3.8) is 0 Å². The Hall–Kier alpha value is -1.98. The van der Waals surface area contributed by atoms with Crippen molar-refractivity contribution in [1.29, 1.82) is 5.26 Å². The molecule has 0 aliphatic heterocycles. The molecule has 0 heterocycles. The maximum atomic E-state index is 9.52. The van der Waals surface area contributed by atoms with Crippen molar-refractivity contribution in [3.05, 3.63) is 63.7 Å². The molecule has 1 unspecified atom stereocenters. The number of nitrogens with zero attached hydrogens (tertiary/aromatic N) is 1. The molecule has 0 bridgehead atoms. The normalized spacial score (nSPS) is 11.8. The lowest BCUT2D eigenvalue weighted by Crippen LogP contribution is -2.03. The van der Waals surface area contributed by atoms with E-state index in [0.717, 1.165) is 16.7 Å². The zero-order valence-electron chi connectivity index (χ0n) is 12.5. The lowest BCUT2D eigenvalue weighted by atomic mass is 9.89. The van der Waals surface area contributed by atoms with E-state index in [0.29, 0.717) is 17.2 Å². The van der Waals surface area contributed by atoms with Gasteiger partial charge in [-0.05, 0) is 49.1 Å². The SMILES string of the molecule is COc1ccc(CC(C#N)c2cc(C)ccc2C)cc1Cl. The Kier molecular flexibility index (Phi) is 4.88. The highest BCUT2D eigenvalue weighted by molar-refractivity contribution is 6.32. The van der Waals surface area contributed by atoms with Gasteiger partial charge in [-0.3, -0.25) is 0 Å². The molecule has 2 rings (SSSR count). The topological polar surface area (TPSA) is 33.0 Å². The summed E-state index contributed by atoms with van der Waals surface area (Å²) in [6.07, 6.45) is 0.643. The van der Waals surface area contributed by atoms with E-state index in [4.69, 9.17) is 16.3 Å². The number of rotatable bonds is 4. The number of benzene rings is 2. The second-order valence-corrected chi connectivity index (χ2v) is 5.62. The van der Waals surface area contributed by atoms with Crippen LogP contribution in [0.5, 0.6) is 5.75 Å². The average molecular weight is 300 g/mol. The molecular weight excluding hydrogens is 282 g/mol. The molecule has 0 radical (unpaired) electrons. The molecule has 1 atom stereocenters. The van der Waals surface area contributed by atoms with Crippen LogP contribution in [0.4, 0.5) is 0 Å². The molecule has 0 fully saturated rings. The summed E-state index contributed by atoms with van der Waals surface area (Å²) in [5.41, 5.74) is 4.44. The second kappa shape index (κ2) is 6.65. The molecule has 2 nitrogen and oxygen atoms in total. The second-order valence-electron chi connectivity index (χ2n) is 5.21. The van der Waals surface area contributed by atoms with E-state index >= 15 is 0 Å². The molecular formula is C18H18ClNO. The van der Waals surface area contributed by atoms with Gasteiger partial charge in [0.1, 0.15) is 5.75 Å². The van der Waals surface area contributed by atoms with Crippen molar-refractivity contribution in [2.75, 3.05) is 7.11 Å². The summed E-state index contributed by atoms with van der Waals surface area (Å²) in [6, 6.07) is 14.3. The number of hydrogen-bond donors (Lipinski definition) is 0. The van der Waals surface area contributed by atoms with Gasteiger partial charge in [0, 0.05) is 0 Å². The van der Waals surface area contributed by atoms with Gasteiger partial charge >= 0.3 is 0 Å². The Labute approximate surface area is 130 Å². The van der Waals surface area contributed by atoms with Crippen LogP contribution in [-0.2, 0) is 6.42 Å². The molecule has 2 aromatic carbocycles. The molecule has 0 aromatic heterocycles. The monoisotopic (exact) mass is 299 g/mol. The van der Waals surface area contributed by atoms with E-state index in [9.17, 15) is 5.26 Å². The first kappa shape index (κ1) is 15.4. The minimum absolute atomic E-state index is 0.172. The summed E-state index contributed by atoms with van der Waals surface area (Å²) in [7, 11) is 1.59. The molecule has 21 heavy (non-hydrogen) atoms. The van der Waals surface area contributed by atoms with Gasteiger partial charge in [-0.1, -0.05) is 41.4 Å². The molecule has 0 amide bonds. The molecule has 0 spiro atoms. The highest BCUT2D eigenvalue weighted by atomic mass is 35.5. The number of methoxy groups -OCH3 is 1. The lowest BCUT2D eigenvalue weighted by Gasteiger charge is -2.14. The lowest BCUT2D eigenvalue weighted by molar-refractivity contribution is 0.415. The largest absolute Gasteiger partial charge is 0.495 e. The first-order valence-corrected chi connectivity index (χ1v) is 7.22. The first-order chi connectivity index (χ1) is 10.0. The fourth-order valence-electron chi connectivity index (χ4n) is 2.43. The van der Waals surface area contributed by atoms with Gasteiger partial charge in [0.05, 0.1) is 24.1 Å². The predicted octanol–water partition coefficient (Wildman–Crippen LogP) is 4.82. The Bertz CT molecular complexity index is 688. The minimum atomic E-state index is -0.172. The molecule has 3 heteroatoms. The van der Waals surface area contributed by atoms with Gasteiger partial charge in [-0.25, -0.2) is 0 Å². The van der Waals surface area contributed by atoms with Gasteiger partial charge in [-0.2, -0.15) is 5.26 Å². The highest BCUT2D eigenvalue weighted by Crippen LogP contribution is 2.29. The van der Waals surface area contributed by atoms with E-state index < -0.39 is 0 Å². The van der Waals surface area contributed by atoms with E-state index in [-0.39, 0.29) is 5.92 Å². The third kappa shape index (κ3) is 3.56. The van der Waals surface area contributed by atoms with Crippen LogP contribution in [0.2, 0.25) is 5.02 Å². The van der Waals surface area contributed by atoms with Crippen molar-refractivity contribution in [2.24, 2.45) is 0 Å². The Morgan fingerprint density at radius 2 is 1.95 bits per heavy atom. The minimum Gasteiger partial charge on any atom is -0.495 e. The van der Waals surface area contributed by atoms with Crippen LogP contribution in [0, 0.1) is 25.2 Å². The highest BCUT2D eigenvalue weighted by Gasteiger charge is 2.15. The van der Waals surface area contributed by atoms with Gasteiger partial charge in [0.15, 0.2) is 0 Å². The number of halogens is 1. The zero-order valence-corrected chi connectivity index (χ0v) is 13.2. The van der Waals surface area contributed by atoms with E-state index in [1.807, 2.05) is 32.0 Å². The quantitative estimate of drug-likeness (QED) is 0.811. The number of aryl methyl sites for hydroxylation is 2. The summed E-state index contributed by atoms with van der Waals surface area (Å²) >= 11 is 6.15. The summed E-state index contributed by atoms with van der Waals surface area (Å²) < 4.78 is 5.15. The summed E-state index contributed by atoms with van der Waals surface area (Å²) in [5.74, 6) is 0.482. The van der Waals surface area contributed by atoms with Crippen LogP contribution in [-0.4, -0.2) is 7.11 Å². The van der Waals surface area contributed by atoms with Crippen LogP contribution in [0.25, 0.3) is 0 Å². The smallest absolute Gasteiger partial charge is 0.137 e. The molecule has 0 aliphatic carbocycles. The average Bonchev–Trinajstić information content (AvgIpc) is 2.47. The van der Waals surface area contributed by atoms with Gasteiger partial charge in [0.25, 0.3) is 0 Å². The van der Waals surface area contributed by atoms with Crippen LogP contribution >= 0.6 is 11.6 Å². The van der Waals surface area contributed by atoms with Crippen molar-refractivity contribution in [3.8, 4) is 11.8 Å². The molecule has 0 saturated heterocycles. The molecule has 108 valence electrons. The molecule has 0 saturated carbocycles. The van der Waals surface area contributed by atoms with Gasteiger partial charge in [-0.15, -0.1) is 0 Å². The standard InChI is InChI=1S/C18H18ClNO/c1-12-4-5-13(2)16(8-12)15(11-20)9-14-6-7-18(21-3)17(19)10-14/h4-8,10,15H,9H2,1-3H3. The summed E-state index contributed by atoms with van der Waals surface area (Å²) in [6.45, 7) is 4.09. The predicted molar refractivity (Wildman–Crippen MR) is 86.0 cm³/mol. The summed E-state index contributed by atoms with van der Waals surface area (Å²) in [4.78, 5) is 0. The third-order valence-corrected chi connectivity index (χ3v) is 3.92. The Balaban J connectivity index is 2.29. The maximum absolute atomic E-state index is 9.52. The van der Waals surface area contributed by atoms with Crippen molar-refractivity contribution in [2.45, 2.75) is 26.2 Å². The van der Waals surface area contributed by atoms with Crippen molar-refractivity contribution >= 4 is 11.6 Å². The van der Waals surface area contributed by atoms with E-state index in [1.165, 1.54) is 5.56 Å². The number of ether oxygens (including phenoxy) is 1. The van der Waals surface area contributed by atoms with Crippen LogP contribution in [0.3, 0.4) is 0 Å². The Morgan fingerprint density at radius 3 is 2.57 bits per heavy atom. The van der Waals surface area contributed by atoms with E-state index in [1.54, 1.807) is 7.11 Å². The molecule has 2 aromatic rings. The van der Waals surface area contributed by atoms with Crippen molar-refractivity contribution < 1.29 is 4.74 Å². The molecule has 0 N–H and O–H groups in total. The fourth-order valence-corrected chi connectivity index (χ4v) is 2.71. The van der Waals surface area contributed by atoms with Crippen molar-refractivity contribution in [1.82, 2.24) is 0 Å². The third-order valence-electron chi connectivity index (χ3n) is 3.62. The molecule has 0 aliphatic rings. The zero-order chi connectivity index (χ0) is 15.4. The van der Waals surface area contributed by atoms with Gasteiger partial charge < -0.3 is 4.74 Å². The van der Waals surface area contributed by atoms with Crippen LogP contribution in [0.1, 0.15) is 28.2 Å². The maximum Gasteiger partial charge on any atom is 0.137 e. The number of nitriles is 1. The first-order valence-electron chi connectivity index (χ1n) is 6.84. The van der Waals surface area contributed by atoms with Crippen LogP contribution < -0.4 is 4.74 Å². The van der Waals surface area contributed by atoms with E-state index in [2.05, 4.69) is 24.3 Å². The number of hydrogen-bond acceptors (Lipinski definition) is 2.